The zero-order valence-electron chi connectivity index (χ0n) is 10.5. The van der Waals surface area contributed by atoms with Crippen LogP contribution in [-0.2, 0) is 6.42 Å². The number of carbonyl (C=O) groups excluding carboxylic acids is 1. The highest BCUT2D eigenvalue weighted by Crippen LogP contribution is 2.29. The van der Waals surface area contributed by atoms with Crippen molar-refractivity contribution in [2.45, 2.75) is 6.42 Å². The highest BCUT2D eigenvalue weighted by molar-refractivity contribution is 7.08. The van der Waals surface area contributed by atoms with Crippen LogP contribution in [0.3, 0.4) is 0 Å². The number of nitrogens with one attached hydrogen (secondary N) is 1. The maximum absolute atomic E-state index is 12.2. The molecule has 1 aromatic carbocycles. The van der Waals surface area contributed by atoms with E-state index >= 15 is 0 Å². The number of anilines is 2. The number of aromatic carboxylic acids is 1. The molecule has 2 N–H and O–H groups in total. The number of benzene rings is 1. The molecule has 2 aromatic rings. The van der Waals surface area contributed by atoms with Crippen molar-refractivity contribution in [2.75, 3.05) is 16.8 Å². The van der Waals surface area contributed by atoms with E-state index in [2.05, 4.69) is 5.32 Å². The molecule has 20 heavy (non-hydrogen) atoms. The van der Waals surface area contributed by atoms with Gasteiger partial charge in [-0.15, -0.1) is 0 Å². The molecule has 1 aromatic heterocycles. The van der Waals surface area contributed by atoms with Gasteiger partial charge in [-0.25, -0.2) is 9.59 Å². The monoisotopic (exact) mass is 288 g/mol. The van der Waals surface area contributed by atoms with E-state index in [9.17, 15) is 9.59 Å². The summed E-state index contributed by atoms with van der Waals surface area (Å²) < 4.78 is 0. The van der Waals surface area contributed by atoms with Gasteiger partial charge in [0.2, 0.25) is 0 Å². The maximum atomic E-state index is 12.2. The molecule has 0 spiro atoms. The lowest BCUT2D eigenvalue weighted by Gasteiger charge is -2.18. The van der Waals surface area contributed by atoms with E-state index in [-0.39, 0.29) is 11.6 Å². The van der Waals surface area contributed by atoms with E-state index in [1.165, 1.54) is 11.3 Å². The molecule has 2 heterocycles. The molecule has 0 atom stereocenters. The number of carbonyl (C=O) groups is 2. The zero-order chi connectivity index (χ0) is 14.1. The topological polar surface area (TPSA) is 69.6 Å². The van der Waals surface area contributed by atoms with Crippen LogP contribution in [-0.4, -0.2) is 23.7 Å². The number of hydrogen-bond acceptors (Lipinski definition) is 3. The number of nitrogens with zero attached hydrogens (tertiary/aromatic N) is 1. The molecule has 1 aliphatic heterocycles. The first kappa shape index (κ1) is 12.7. The number of carboxylic acids is 1. The van der Waals surface area contributed by atoms with Crippen LogP contribution in [0.1, 0.15) is 15.9 Å². The fourth-order valence-electron chi connectivity index (χ4n) is 2.25. The average Bonchev–Trinajstić information content (AvgIpc) is 3.06. The molecule has 0 saturated carbocycles. The van der Waals surface area contributed by atoms with Gasteiger partial charge in [0.25, 0.3) is 0 Å². The third kappa shape index (κ3) is 2.25. The first-order valence-corrected chi connectivity index (χ1v) is 7.06. The van der Waals surface area contributed by atoms with E-state index in [0.717, 1.165) is 17.7 Å². The summed E-state index contributed by atoms with van der Waals surface area (Å²) in [5, 5.41) is 15.6. The Hall–Kier alpha value is -2.34. The van der Waals surface area contributed by atoms with Crippen LogP contribution in [0.15, 0.2) is 35.0 Å². The second kappa shape index (κ2) is 4.97. The first-order valence-electron chi connectivity index (χ1n) is 6.12. The molecule has 5 nitrogen and oxygen atoms in total. The van der Waals surface area contributed by atoms with E-state index in [4.69, 9.17) is 5.11 Å². The molecule has 6 heteroatoms. The molecule has 0 bridgehead atoms. The van der Waals surface area contributed by atoms with E-state index < -0.39 is 5.97 Å². The van der Waals surface area contributed by atoms with Gasteiger partial charge in [0.1, 0.15) is 0 Å². The Balaban J connectivity index is 1.86. The number of amides is 2. The van der Waals surface area contributed by atoms with Crippen LogP contribution >= 0.6 is 11.3 Å². The smallest absolute Gasteiger partial charge is 0.335 e. The van der Waals surface area contributed by atoms with Gasteiger partial charge >= 0.3 is 12.0 Å². The van der Waals surface area contributed by atoms with Gasteiger partial charge in [0, 0.05) is 17.6 Å². The Labute approximate surface area is 119 Å². The number of thiophene rings is 1. The Morgan fingerprint density at radius 2 is 2.15 bits per heavy atom. The molecule has 0 saturated heterocycles. The summed E-state index contributed by atoms with van der Waals surface area (Å²) in [4.78, 5) is 24.8. The molecule has 3 rings (SSSR count). The average molecular weight is 288 g/mol. The summed E-state index contributed by atoms with van der Waals surface area (Å²) in [5.74, 6) is -0.988. The summed E-state index contributed by atoms with van der Waals surface area (Å²) in [6.07, 6.45) is 0.742. The lowest BCUT2D eigenvalue weighted by molar-refractivity contribution is 0.0697. The summed E-state index contributed by atoms with van der Waals surface area (Å²) in [6.45, 7) is 0.564. The second-order valence-electron chi connectivity index (χ2n) is 4.49. The van der Waals surface area contributed by atoms with Crippen molar-refractivity contribution in [3.8, 4) is 0 Å². The second-order valence-corrected chi connectivity index (χ2v) is 5.27. The summed E-state index contributed by atoms with van der Waals surface area (Å²) in [6, 6.07) is 6.49. The largest absolute Gasteiger partial charge is 0.478 e. The fraction of sp³-hybridized carbons (Fsp3) is 0.143. The molecular formula is C14H12N2O3S. The molecule has 0 unspecified atom stereocenters. The van der Waals surface area contributed by atoms with E-state index in [0.29, 0.717) is 12.2 Å². The summed E-state index contributed by atoms with van der Waals surface area (Å²) in [5.41, 5.74) is 2.62. The van der Waals surface area contributed by atoms with Crippen molar-refractivity contribution in [3.05, 3.63) is 46.2 Å². The highest BCUT2D eigenvalue weighted by atomic mass is 32.1. The van der Waals surface area contributed by atoms with Crippen LogP contribution in [0.25, 0.3) is 0 Å². The van der Waals surface area contributed by atoms with Crippen molar-refractivity contribution in [1.29, 1.82) is 0 Å². The SMILES string of the molecule is O=C(O)c1ccc2c(c1)N(C(=O)Nc1ccsc1)CC2. The van der Waals surface area contributed by atoms with Gasteiger partial charge in [-0.05, 0) is 35.6 Å². The van der Waals surface area contributed by atoms with Crippen molar-refractivity contribution in [1.82, 2.24) is 0 Å². The number of urea groups is 1. The van der Waals surface area contributed by atoms with Crippen LogP contribution in [0.2, 0.25) is 0 Å². The van der Waals surface area contributed by atoms with Gasteiger partial charge in [-0.3, -0.25) is 4.90 Å². The fourth-order valence-corrected chi connectivity index (χ4v) is 2.84. The Kier molecular flexibility index (Phi) is 3.15. The molecule has 0 radical (unpaired) electrons. The molecule has 0 aliphatic carbocycles. The van der Waals surface area contributed by atoms with Crippen LogP contribution < -0.4 is 10.2 Å². The maximum Gasteiger partial charge on any atom is 0.335 e. The van der Waals surface area contributed by atoms with E-state index in [1.807, 2.05) is 16.8 Å². The highest BCUT2D eigenvalue weighted by Gasteiger charge is 2.25. The molecule has 2 amide bonds. The summed E-state index contributed by atoms with van der Waals surface area (Å²) in [7, 11) is 0. The Morgan fingerprint density at radius 1 is 1.30 bits per heavy atom. The number of carboxylic acid groups (broad SMARTS) is 1. The number of fused-ring (bicyclic) bond motifs is 1. The van der Waals surface area contributed by atoms with Gasteiger partial charge in [-0.1, -0.05) is 6.07 Å². The lowest BCUT2D eigenvalue weighted by atomic mass is 10.1. The van der Waals surface area contributed by atoms with E-state index in [1.54, 1.807) is 23.1 Å². The third-order valence-corrected chi connectivity index (χ3v) is 3.93. The summed E-state index contributed by atoms with van der Waals surface area (Å²) >= 11 is 1.51. The minimum absolute atomic E-state index is 0.194. The molecule has 1 aliphatic rings. The molecular weight excluding hydrogens is 276 g/mol. The van der Waals surface area contributed by atoms with Crippen LogP contribution in [0.4, 0.5) is 16.2 Å². The van der Waals surface area contributed by atoms with Crippen molar-refractivity contribution >= 4 is 34.7 Å². The Morgan fingerprint density at radius 3 is 2.85 bits per heavy atom. The van der Waals surface area contributed by atoms with Crippen LogP contribution in [0, 0.1) is 0 Å². The number of hydrogen-bond donors (Lipinski definition) is 2. The predicted molar refractivity (Wildman–Crippen MR) is 77.8 cm³/mol. The standard InChI is InChI=1S/C14H12N2O3S/c17-13(18)10-2-1-9-3-5-16(12(9)7-10)14(19)15-11-4-6-20-8-11/h1-2,4,6-8H,3,5H2,(H,15,19)(H,17,18). The van der Waals surface area contributed by atoms with Gasteiger partial charge in [0.05, 0.1) is 11.3 Å². The Bertz CT molecular complexity index is 667. The lowest BCUT2D eigenvalue weighted by Crippen LogP contribution is -2.33. The van der Waals surface area contributed by atoms with Crippen molar-refractivity contribution in [2.24, 2.45) is 0 Å². The van der Waals surface area contributed by atoms with Crippen molar-refractivity contribution < 1.29 is 14.7 Å². The van der Waals surface area contributed by atoms with Crippen LogP contribution in [0.5, 0.6) is 0 Å². The zero-order valence-corrected chi connectivity index (χ0v) is 11.3. The third-order valence-electron chi connectivity index (χ3n) is 3.25. The molecule has 102 valence electrons. The minimum atomic E-state index is -0.988. The van der Waals surface area contributed by atoms with Gasteiger partial charge < -0.3 is 10.4 Å². The normalized spacial score (nSPS) is 13.1. The molecule has 0 fully saturated rings. The van der Waals surface area contributed by atoms with Gasteiger partial charge in [-0.2, -0.15) is 11.3 Å². The minimum Gasteiger partial charge on any atom is -0.478 e. The first-order chi connectivity index (χ1) is 9.65. The quantitative estimate of drug-likeness (QED) is 0.892. The van der Waals surface area contributed by atoms with Crippen molar-refractivity contribution in [3.63, 3.8) is 0 Å². The predicted octanol–water partition coefficient (Wildman–Crippen LogP) is 3.04. The van der Waals surface area contributed by atoms with Gasteiger partial charge in [0.15, 0.2) is 0 Å². The number of rotatable bonds is 2.